The zero-order valence-electron chi connectivity index (χ0n) is 5.81. The van der Waals surface area contributed by atoms with E-state index >= 15 is 0 Å². The first-order valence-corrected chi connectivity index (χ1v) is 3.62. The Morgan fingerprint density at radius 3 is 2.80 bits per heavy atom. The van der Waals surface area contributed by atoms with E-state index in [2.05, 4.69) is 6.58 Å². The molecule has 2 N–H and O–H groups in total. The minimum absolute atomic E-state index is 0.375. The summed E-state index contributed by atoms with van der Waals surface area (Å²) in [7, 11) is 0. The minimum Gasteiger partial charge on any atom is -0.316 e. The van der Waals surface area contributed by atoms with Crippen molar-refractivity contribution in [2.75, 3.05) is 5.88 Å². The quantitative estimate of drug-likeness (QED) is 0.497. The number of alkyl halides is 1. The molecule has 0 aliphatic carbocycles. The molecule has 0 rings (SSSR count). The van der Waals surface area contributed by atoms with Crippen molar-refractivity contribution in [2.24, 2.45) is 5.73 Å². The molecule has 0 heterocycles. The Hall–Kier alpha value is -0.520. The Labute approximate surface area is 66.3 Å². The third kappa shape index (κ3) is 4.37. The van der Waals surface area contributed by atoms with Gasteiger partial charge in [-0.1, -0.05) is 12.2 Å². The Morgan fingerprint density at radius 1 is 1.80 bits per heavy atom. The van der Waals surface area contributed by atoms with Crippen LogP contribution in [0.1, 0.15) is 12.8 Å². The monoisotopic (exact) mass is 158 g/mol. The van der Waals surface area contributed by atoms with Crippen LogP contribution in [0.3, 0.4) is 0 Å². The van der Waals surface area contributed by atoms with Crippen LogP contribution < -0.4 is 5.73 Å². The van der Waals surface area contributed by atoms with Crippen molar-refractivity contribution in [3.8, 4) is 6.07 Å². The summed E-state index contributed by atoms with van der Waals surface area (Å²) in [5.41, 5.74) is 6.27. The molecule has 0 aliphatic rings. The van der Waals surface area contributed by atoms with Crippen LogP contribution in [-0.4, -0.2) is 11.9 Å². The molecule has 0 aromatic heterocycles. The second kappa shape index (κ2) is 5.28. The molecule has 0 radical (unpaired) electrons. The lowest BCUT2D eigenvalue weighted by atomic mass is 10.1. The van der Waals surface area contributed by atoms with Crippen LogP contribution in [-0.2, 0) is 0 Å². The van der Waals surface area contributed by atoms with Crippen molar-refractivity contribution < 1.29 is 0 Å². The molecule has 1 atom stereocenters. The highest BCUT2D eigenvalue weighted by Gasteiger charge is 1.99. The standard InChI is InChI=1S/C7H11ClN2/c1-6(4-8)2-3-7(10)5-9/h7H,1-4,10H2/t7-/m0/s1. The summed E-state index contributed by atoms with van der Waals surface area (Å²) in [5.74, 6) is 0.456. The van der Waals surface area contributed by atoms with Crippen LogP contribution in [0.5, 0.6) is 0 Å². The third-order valence-corrected chi connectivity index (χ3v) is 1.54. The maximum atomic E-state index is 8.28. The van der Waals surface area contributed by atoms with E-state index in [9.17, 15) is 0 Å². The number of hydrogen-bond donors (Lipinski definition) is 1. The van der Waals surface area contributed by atoms with Gasteiger partial charge < -0.3 is 5.73 Å². The van der Waals surface area contributed by atoms with Crippen molar-refractivity contribution in [1.29, 1.82) is 5.26 Å². The number of halogens is 1. The second-order valence-electron chi connectivity index (χ2n) is 2.16. The van der Waals surface area contributed by atoms with Crippen LogP contribution >= 0.6 is 11.6 Å². The van der Waals surface area contributed by atoms with E-state index in [0.717, 1.165) is 12.0 Å². The van der Waals surface area contributed by atoms with E-state index in [-0.39, 0.29) is 6.04 Å². The van der Waals surface area contributed by atoms with Crippen LogP contribution in [0, 0.1) is 11.3 Å². The van der Waals surface area contributed by atoms with Gasteiger partial charge in [-0.2, -0.15) is 5.26 Å². The van der Waals surface area contributed by atoms with Crippen LogP contribution in [0.2, 0.25) is 0 Å². The van der Waals surface area contributed by atoms with Crippen molar-refractivity contribution >= 4 is 11.6 Å². The number of hydrogen-bond acceptors (Lipinski definition) is 2. The average Bonchev–Trinajstić information content (AvgIpc) is 1.99. The van der Waals surface area contributed by atoms with Gasteiger partial charge in [-0.3, -0.25) is 0 Å². The summed E-state index contributed by atoms with van der Waals surface area (Å²) in [4.78, 5) is 0. The molecule has 0 unspecified atom stereocenters. The van der Waals surface area contributed by atoms with Gasteiger partial charge in [0.15, 0.2) is 0 Å². The van der Waals surface area contributed by atoms with Gasteiger partial charge in [-0.25, -0.2) is 0 Å². The molecule has 0 bridgehead atoms. The Morgan fingerprint density at radius 2 is 2.40 bits per heavy atom. The van der Waals surface area contributed by atoms with E-state index < -0.39 is 0 Å². The number of rotatable bonds is 4. The first kappa shape index (κ1) is 9.48. The fourth-order valence-electron chi connectivity index (χ4n) is 0.491. The van der Waals surface area contributed by atoms with Gasteiger partial charge in [-0.15, -0.1) is 11.6 Å². The Bertz CT molecular complexity index is 148. The summed E-state index contributed by atoms with van der Waals surface area (Å²) < 4.78 is 0. The highest BCUT2D eigenvalue weighted by atomic mass is 35.5. The average molecular weight is 159 g/mol. The van der Waals surface area contributed by atoms with Gasteiger partial charge in [0.1, 0.15) is 0 Å². The van der Waals surface area contributed by atoms with Crippen LogP contribution in [0.15, 0.2) is 12.2 Å². The maximum absolute atomic E-state index is 8.28. The van der Waals surface area contributed by atoms with Crippen LogP contribution in [0.25, 0.3) is 0 Å². The lowest BCUT2D eigenvalue weighted by Gasteiger charge is -2.01. The maximum Gasteiger partial charge on any atom is 0.0931 e. The summed E-state index contributed by atoms with van der Waals surface area (Å²) in [6.45, 7) is 3.68. The van der Waals surface area contributed by atoms with E-state index in [4.69, 9.17) is 22.6 Å². The molecule has 0 fully saturated rings. The normalized spacial score (nSPS) is 12.1. The SMILES string of the molecule is C=C(CCl)CC[C@H](N)C#N. The molecule has 3 heteroatoms. The smallest absolute Gasteiger partial charge is 0.0931 e. The van der Waals surface area contributed by atoms with Crippen molar-refractivity contribution in [3.05, 3.63) is 12.2 Å². The lowest BCUT2D eigenvalue weighted by molar-refractivity contribution is 0.728. The molecule has 0 saturated heterocycles. The van der Waals surface area contributed by atoms with Gasteiger partial charge >= 0.3 is 0 Å². The Balaban J connectivity index is 3.37. The Kier molecular flexibility index (Phi) is 5.00. The minimum atomic E-state index is -0.375. The lowest BCUT2D eigenvalue weighted by Crippen LogP contribution is -2.16. The van der Waals surface area contributed by atoms with Crippen LogP contribution in [0.4, 0.5) is 0 Å². The van der Waals surface area contributed by atoms with E-state index in [1.807, 2.05) is 6.07 Å². The van der Waals surface area contributed by atoms with Gasteiger partial charge in [-0.05, 0) is 12.8 Å². The molecule has 2 nitrogen and oxygen atoms in total. The van der Waals surface area contributed by atoms with Gasteiger partial charge in [0.25, 0.3) is 0 Å². The number of allylic oxidation sites excluding steroid dienone is 1. The van der Waals surface area contributed by atoms with Gasteiger partial charge in [0.05, 0.1) is 12.1 Å². The van der Waals surface area contributed by atoms with Gasteiger partial charge in [0, 0.05) is 5.88 Å². The van der Waals surface area contributed by atoms with Crippen molar-refractivity contribution in [1.82, 2.24) is 0 Å². The summed E-state index contributed by atoms with van der Waals surface area (Å²) in [6.07, 6.45) is 1.40. The fraction of sp³-hybridized carbons (Fsp3) is 0.571. The van der Waals surface area contributed by atoms with Gasteiger partial charge in [0.2, 0.25) is 0 Å². The molecule has 56 valence electrons. The first-order chi connectivity index (χ1) is 4.70. The molecule has 0 amide bonds. The topological polar surface area (TPSA) is 49.8 Å². The molecular weight excluding hydrogens is 148 g/mol. The van der Waals surface area contributed by atoms with Crippen molar-refractivity contribution in [2.45, 2.75) is 18.9 Å². The van der Waals surface area contributed by atoms with E-state index in [0.29, 0.717) is 12.3 Å². The highest BCUT2D eigenvalue weighted by molar-refractivity contribution is 6.19. The fourth-order valence-corrected chi connectivity index (χ4v) is 0.625. The molecule has 0 aromatic carbocycles. The van der Waals surface area contributed by atoms with E-state index in [1.165, 1.54) is 0 Å². The number of nitrogens with zero attached hydrogens (tertiary/aromatic N) is 1. The largest absolute Gasteiger partial charge is 0.316 e. The summed E-state index contributed by atoms with van der Waals surface area (Å²) in [5, 5.41) is 8.28. The molecule has 0 aliphatic heterocycles. The first-order valence-electron chi connectivity index (χ1n) is 3.08. The molecule has 0 spiro atoms. The summed E-state index contributed by atoms with van der Waals surface area (Å²) >= 11 is 5.46. The summed E-state index contributed by atoms with van der Waals surface area (Å²) in [6, 6.07) is 1.56. The molecule has 0 aromatic rings. The number of nitrogens with two attached hydrogens (primary N) is 1. The third-order valence-electron chi connectivity index (χ3n) is 1.16. The molecule has 10 heavy (non-hydrogen) atoms. The van der Waals surface area contributed by atoms with Crippen molar-refractivity contribution in [3.63, 3.8) is 0 Å². The van der Waals surface area contributed by atoms with E-state index in [1.54, 1.807) is 0 Å². The zero-order valence-corrected chi connectivity index (χ0v) is 6.56. The zero-order chi connectivity index (χ0) is 7.98. The molecular formula is C7H11ClN2. The highest BCUT2D eigenvalue weighted by Crippen LogP contribution is 2.05. The second-order valence-corrected chi connectivity index (χ2v) is 2.43. The number of nitriles is 1. The predicted molar refractivity (Wildman–Crippen MR) is 42.7 cm³/mol. The molecule has 0 saturated carbocycles. The predicted octanol–water partition coefficient (Wildman–Crippen LogP) is 1.41.